The number of sulfone groups is 1. The predicted octanol–water partition coefficient (Wildman–Crippen LogP) is 2.29. The highest BCUT2D eigenvalue weighted by molar-refractivity contribution is 7.92. The Bertz CT molecular complexity index is 889. The van der Waals surface area contributed by atoms with E-state index in [0.29, 0.717) is 37.7 Å². The highest BCUT2D eigenvalue weighted by Gasteiger charge is 2.40. The number of rotatable bonds is 4. The molecule has 0 atom stereocenters. The first-order valence-corrected chi connectivity index (χ1v) is 12.5. The van der Waals surface area contributed by atoms with Crippen LogP contribution in [-0.2, 0) is 16.4 Å². The molecule has 2 aliphatic rings. The first-order chi connectivity index (χ1) is 14.2. The first-order valence-electron chi connectivity index (χ1n) is 10.9. The molecule has 0 aromatic heterocycles. The molecular weight excluding hydrogens is 400 g/mol. The molecule has 7 nitrogen and oxygen atoms in total. The second-order valence-corrected chi connectivity index (χ2v) is 11.5. The maximum Gasteiger partial charge on any atom is 0.253 e. The fourth-order valence-electron chi connectivity index (χ4n) is 4.00. The van der Waals surface area contributed by atoms with E-state index in [2.05, 4.69) is 5.32 Å². The Morgan fingerprint density at radius 3 is 2.53 bits per heavy atom. The Kier molecular flexibility index (Phi) is 7.06. The van der Waals surface area contributed by atoms with Crippen molar-refractivity contribution in [2.45, 2.75) is 51.3 Å². The molecule has 2 saturated heterocycles. The molecule has 30 heavy (non-hydrogen) atoms. The molecule has 0 saturated carbocycles. The number of likely N-dealkylation sites (tertiary alicyclic amines) is 1. The van der Waals surface area contributed by atoms with Gasteiger partial charge in [-0.25, -0.2) is 13.4 Å². The van der Waals surface area contributed by atoms with Gasteiger partial charge in [-0.2, -0.15) is 0 Å². The van der Waals surface area contributed by atoms with Crippen LogP contribution < -0.4 is 5.32 Å². The summed E-state index contributed by atoms with van der Waals surface area (Å²) in [7, 11) is -3.10. The van der Waals surface area contributed by atoms with E-state index in [4.69, 9.17) is 4.99 Å². The lowest BCUT2D eigenvalue weighted by atomic mass is 10.1. The van der Waals surface area contributed by atoms with E-state index < -0.39 is 14.6 Å². The smallest absolute Gasteiger partial charge is 0.253 e. The van der Waals surface area contributed by atoms with E-state index in [1.807, 2.05) is 41.0 Å². The lowest BCUT2D eigenvalue weighted by Crippen LogP contribution is -2.57. The largest absolute Gasteiger partial charge is 0.357 e. The molecule has 0 aliphatic carbocycles. The van der Waals surface area contributed by atoms with Gasteiger partial charge in [-0.1, -0.05) is 12.1 Å². The number of guanidine groups is 1. The molecule has 1 amide bonds. The maximum absolute atomic E-state index is 12.8. The summed E-state index contributed by atoms with van der Waals surface area (Å²) in [5.74, 6) is 0.938. The van der Waals surface area contributed by atoms with Crippen molar-refractivity contribution in [3.63, 3.8) is 0 Å². The third kappa shape index (κ3) is 5.14. The molecule has 1 aromatic rings. The van der Waals surface area contributed by atoms with Crippen molar-refractivity contribution in [1.29, 1.82) is 0 Å². The summed E-state index contributed by atoms with van der Waals surface area (Å²) < 4.78 is 23.8. The minimum absolute atomic E-state index is 0.0930. The first kappa shape index (κ1) is 22.6. The normalized spacial score (nSPS) is 21.4. The molecule has 8 heteroatoms. The third-order valence-corrected chi connectivity index (χ3v) is 8.44. The molecule has 2 heterocycles. The maximum atomic E-state index is 12.8. The number of hydrogen-bond acceptors (Lipinski definition) is 4. The fraction of sp³-hybridized carbons (Fsp3) is 0.636. The third-order valence-electron chi connectivity index (χ3n) is 5.91. The van der Waals surface area contributed by atoms with Gasteiger partial charge in [-0.05, 0) is 57.7 Å². The SMILES string of the molecule is CCNC(=NCc1cccc(C(=O)N2CCCCC2)c1)N1CCS(=O)(=O)C(C)(C)C1. The summed E-state index contributed by atoms with van der Waals surface area (Å²) in [6, 6.07) is 7.68. The molecule has 3 rings (SSSR count). The summed E-state index contributed by atoms with van der Waals surface area (Å²) in [6.45, 7) is 9.20. The molecule has 1 aromatic carbocycles. The van der Waals surface area contributed by atoms with E-state index in [1.54, 1.807) is 13.8 Å². The van der Waals surface area contributed by atoms with E-state index >= 15 is 0 Å². The number of nitrogens with one attached hydrogen (secondary N) is 1. The van der Waals surface area contributed by atoms with E-state index in [9.17, 15) is 13.2 Å². The van der Waals surface area contributed by atoms with Crippen LogP contribution in [0, 0.1) is 0 Å². The van der Waals surface area contributed by atoms with Crippen molar-refractivity contribution in [2.24, 2.45) is 4.99 Å². The van der Waals surface area contributed by atoms with Crippen LogP contribution in [0.15, 0.2) is 29.3 Å². The van der Waals surface area contributed by atoms with Crippen LogP contribution in [0.1, 0.15) is 56.0 Å². The van der Waals surface area contributed by atoms with Crippen molar-refractivity contribution in [3.8, 4) is 0 Å². The molecule has 1 N–H and O–H groups in total. The van der Waals surface area contributed by atoms with Crippen molar-refractivity contribution in [3.05, 3.63) is 35.4 Å². The lowest BCUT2D eigenvalue weighted by Gasteiger charge is -2.39. The zero-order valence-electron chi connectivity index (χ0n) is 18.4. The van der Waals surface area contributed by atoms with Crippen LogP contribution >= 0.6 is 0 Å². The highest BCUT2D eigenvalue weighted by atomic mass is 32.2. The second kappa shape index (κ2) is 9.37. The number of aliphatic imine (C=N–C) groups is 1. The quantitative estimate of drug-likeness (QED) is 0.581. The van der Waals surface area contributed by atoms with Gasteiger partial charge in [-0.15, -0.1) is 0 Å². The predicted molar refractivity (Wildman–Crippen MR) is 120 cm³/mol. The van der Waals surface area contributed by atoms with Gasteiger partial charge in [0.1, 0.15) is 0 Å². The molecule has 166 valence electrons. The van der Waals surface area contributed by atoms with Crippen LogP contribution in [0.5, 0.6) is 0 Å². The van der Waals surface area contributed by atoms with E-state index in [-0.39, 0.29) is 11.7 Å². The van der Waals surface area contributed by atoms with Crippen molar-refractivity contribution < 1.29 is 13.2 Å². The van der Waals surface area contributed by atoms with Crippen LogP contribution in [0.25, 0.3) is 0 Å². The summed E-state index contributed by atoms with van der Waals surface area (Å²) in [5, 5.41) is 3.28. The molecule has 0 spiro atoms. The molecule has 0 bridgehead atoms. The zero-order chi connectivity index (χ0) is 21.8. The average Bonchev–Trinajstić information content (AvgIpc) is 2.73. The Hall–Kier alpha value is -2.09. The van der Waals surface area contributed by atoms with Gasteiger partial charge in [0.15, 0.2) is 15.8 Å². The van der Waals surface area contributed by atoms with Gasteiger partial charge >= 0.3 is 0 Å². The molecule has 0 radical (unpaired) electrons. The van der Waals surface area contributed by atoms with Crippen LogP contribution in [-0.4, -0.2) is 73.3 Å². The van der Waals surface area contributed by atoms with Crippen molar-refractivity contribution >= 4 is 21.7 Å². The topological polar surface area (TPSA) is 82.1 Å². The van der Waals surface area contributed by atoms with Crippen molar-refractivity contribution in [2.75, 3.05) is 38.5 Å². The fourth-order valence-corrected chi connectivity index (χ4v) is 5.36. The highest BCUT2D eigenvalue weighted by Crippen LogP contribution is 2.24. The zero-order valence-corrected chi connectivity index (χ0v) is 19.2. The van der Waals surface area contributed by atoms with Gasteiger partial charge in [0, 0.05) is 38.3 Å². The van der Waals surface area contributed by atoms with Gasteiger partial charge in [-0.3, -0.25) is 4.79 Å². The minimum atomic E-state index is -3.10. The lowest BCUT2D eigenvalue weighted by molar-refractivity contribution is 0.0724. The van der Waals surface area contributed by atoms with Gasteiger partial charge in [0.25, 0.3) is 5.91 Å². The minimum Gasteiger partial charge on any atom is -0.357 e. The van der Waals surface area contributed by atoms with Crippen LogP contribution in [0.4, 0.5) is 0 Å². The summed E-state index contributed by atoms with van der Waals surface area (Å²) in [4.78, 5) is 21.5. The van der Waals surface area contributed by atoms with E-state index in [1.165, 1.54) is 6.42 Å². The number of amides is 1. The number of hydrogen-bond donors (Lipinski definition) is 1. The average molecular weight is 435 g/mol. The summed E-state index contributed by atoms with van der Waals surface area (Å²) >= 11 is 0. The number of benzene rings is 1. The molecular formula is C22H34N4O3S. The monoisotopic (exact) mass is 434 g/mol. The molecule has 2 fully saturated rings. The van der Waals surface area contributed by atoms with Crippen LogP contribution in [0.3, 0.4) is 0 Å². The number of carbonyl (C=O) groups excluding carboxylic acids is 1. The standard InChI is InChI=1S/C22H34N4O3S/c1-4-23-21(26-13-14-30(28,29)22(2,3)17-26)24-16-18-9-8-10-19(15-18)20(27)25-11-6-5-7-12-25/h8-10,15H,4-7,11-14,16-17H2,1-3H3,(H,23,24). The number of nitrogens with zero attached hydrogens (tertiary/aromatic N) is 3. The summed E-state index contributed by atoms with van der Waals surface area (Å²) in [6.07, 6.45) is 3.34. The Morgan fingerprint density at radius 2 is 1.87 bits per heavy atom. The van der Waals surface area contributed by atoms with Gasteiger partial charge in [0.05, 0.1) is 17.0 Å². The second-order valence-electron chi connectivity index (χ2n) is 8.72. The molecule has 0 unspecified atom stereocenters. The van der Waals surface area contributed by atoms with Gasteiger partial charge < -0.3 is 15.1 Å². The van der Waals surface area contributed by atoms with E-state index in [0.717, 1.165) is 31.5 Å². The number of piperidine rings is 1. The summed E-state index contributed by atoms with van der Waals surface area (Å²) in [5.41, 5.74) is 1.68. The molecule has 2 aliphatic heterocycles. The Morgan fingerprint density at radius 1 is 1.13 bits per heavy atom. The van der Waals surface area contributed by atoms with Crippen molar-refractivity contribution in [1.82, 2.24) is 15.1 Å². The Labute approximate surface area is 180 Å². The number of carbonyl (C=O) groups is 1. The van der Waals surface area contributed by atoms with Gasteiger partial charge in [0.2, 0.25) is 0 Å². The van der Waals surface area contributed by atoms with Crippen LogP contribution in [0.2, 0.25) is 0 Å². The Balaban J connectivity index is 1.73.